The summed E-state index contributed by atoms with van der Waals surface area (Å²) in [6.45, 7) is 9.94. The van der Waals surface area contributed by atoms with Gasteiger partial charge in [-0.2, -0.15) is 0 Å². The van der Waals surface area contributed by atoms with E-state index in [1.165, 1.54) is 16.8 Å². The van der Waals surface area contributed by atoms with E-state index in [2.05, 4.69) is 77.8 Å². The highest BCUT2D eigenvalue weighted by atomic mass is 79.9. The minimum Gasteiger partial charge on any atom is -0.363 e. The molecule has 124 valence electrons. The molecule has 0 bridgehead atoms. The quantitative estimate of drug-likeness (QED) is 0.575. The maximum Gasteiger partial charge on any atom is 0.0641 e. The molecule has 24 heavy (non-hydrogen) atoms. The van der Waals surface area contributed by atoms with Crippen LogP contribution >= 0.6 is 15.9 Å². The number of nitrogens with zero attached hydrogens (tertiary/aromatic N) is 2. The minimum absolute atomic E-state index is 0.0533. The first-order valence-corrected chi connectivity index (χ1v) is 9.11. The van der Waals surface area contributed by atoms with Gasteiger partial charge in [0.05, 0.1) is 11.2 Å². The summed E-state index contributed by atoms with van der Waals surface area (Å²) in [6, 6.07) is 14.6. The van der Waals surface area contributed by atoms with E-state index in [0.29, 0.717) is 0 Å². The van der Waals surface area contributed by atoms with Crippen molar-refractivity contribution in [3.63, 3.8) is 0 Å². The molecule has 2 aromatic carbocycles. The zero-order valence-electron chi connectivity index (χ0n) is 14.7. The highest BCUT2D eigenvalue weighted by Crippen LogP contribution is 2.38. The number of aliphatic imine (C=N–C) groups is 1. The smallest absolute Gasteiger partial charge is 0.0641 e. The summed E-state index contributed by atoms with van der Waals surface area (Å²) in [4.78, 5) is 7.04. The van der Waals surface area contributed by atoms with Crippen molar-refractivity contribution in [3.05, 3.63) is 64.1 Å². The number of rotatable bonds is 3. The number of likely N-dealkylation sites (N-methyl/N-ethyl adjacent to an activating group) is 1. The number of hydrogen-bond donors (Lipinski definition) is 0. The minimum atomic E-state index is 0.0533. The van der Waals surface area contributed by atoms with Gasteiger partial charge in [-0.3, -0.25) is 4.99 Å². The van der Waals surface area contributed by atoms with Crippen LogP contribution in [0, 0.1) is 0 Å². The lowest BCUT2D eigenvalue weighted by molar-refractivity contribution is 0.566. The Morgan fingerprint density at radius 3 is 2.67 bits per heavy atom. The molecule has 0 radical (unpaired) electrons. The molecule has 0 aromatic heterocycles. The zero-order valence-corrected chi connectivity index (χ0v) is 16.3. The second kappa shape index (κ2) is 6.56. The van der Waals surface area contributed by atoms with Crippen molar-refractivity contribution in [1.82, 2.24) is 0 Å². The molecular weight excluding hydrogens is 360 g/mol. The molecule has 1 aliphatic rings. The topological polar surface area (TPSA) is 15.6 Å². The van der Waals surface area contributed by atoms with Crippen molar-refractivity contribution < 1.29 is 0 Å². The van der Waals surface area contributed by atoms with Gasteiger partial charge < -0.3 is 4.90 Å². The van der Waals surface area contributed by atoms with Gasteiger partial charge in [0.15, 0.2) is 0 Å². The monoisotopic (exact) mass is 382 g/mol. The van der Waals surface area contributed by atoms with Crippen molar-refractivity contribution in [1.29, 1.82) is 0 Å². The summed E-state index contributed by atoms with van der Waals surface area (Å²) >= 11 is 3.48. The van der Waals surface area contributed by atoms with Gasteiger partial charge in [0.2, 0.25) is 0 Å². The lowest BCUT2D eigenvalue weighted by Gasteiger charge is -2.42. The highest BCUT2D eigenvalue weighted by molar-refractivity contribution is 9.10. The van der Waals surface area contributed by atoms with E-state index in [4.69, 9.17) is 0 Å². The Morgan fingerprint density at radius 2 is 1.96 bits per heavy atom. The largest absolute Gasteiger partial charge is 0.363 e. The fourth-order valence-corrected chi connectivity index (χ4v) is 3.85. The van der Waals surface area contributed by atoms with Crippen molar-refractivity contribution >= 4 is 39.1 Å². The number of hydrogen-bond acceptors (Lipinski definition) is 2. The third kappa shape index (κ3) is 3.32. The number of fused-ring (bicyclic) bond motifs is 1. The maximum atomic E-state index is 4.59. The van der Waals surface area contributed by atoms with Gasteiger partial charge in [-0.25, -0.2) is 0 Å². The van der Waals surface area contributed by atoms with Gasteiger partial charge in [0.25, 0.3) is 0 Å². The van der Waals surface area contributed by atoms with E-state index in [1.54, 1.807) is 0 Å². The summed E-state index contributed by atoms with van der Waals surface area (Å²) in [5.74, 6) is 0. The van der Waals surface area contributed by atoms with E-state index < -0.39 is 0 Å². The zero-order chi connectivity index (χ0) is 17.3. The summed E-state index contributed by atoms with van der Waals surface area (Å²) in [5.41, 5.74) is 6.06. The van der Waals surface area contributed by atoms with Gasteiger partial charge in [-0.15, -0.1) is 0 Å². The molecule has 0 saturated carbocycles. The summed E-state index contributed by atoms with van der Waals surface area (Å²) in [5, 5.41) is 0. The molecule has 2 nitrogen and oxygen atoms in total. The van der Waals surface area contributed by atoms with Crippen molar-refractivity contribution in [2.75, 3.05) is 11.4 Å². The van der Waals surface area contributed by atoms with E-state index in [1.807, 2.05) is 30.5 Å². The number of anilines is 1. The molecule has 0 unspecified atom stereocenters. The summed E-state index contributed by atoms with van der Waals surface area (Å²) in [6.07, 6.45) is 4.29. The Bertz CT molecular complexity index is 818. The highest BCUT2D eigenvalue weighted by Gasteiger charge is 2.29. The van der Waals surface area contributed by atoms with Crippen LogP contribution in [0.25, 0.3) is 5.57 Å². The van der Waals surface area contributed by atoms with E-state index in [9.17, 15) is 0 Å². The molecule has 2 aromatic rings. The van der Waals surface area contributed by atoms with Crippen LogP contribution in [0.4, 0.5) is 11.4 Å². The average molecular weight is 383 g/mol. The van der Waals surface area contributed by atoms with Crippen LogP contribution in [0.2, 0.25) is 0 Å². The fraction of sp³-hybridized carbons (Fsp3) is 0.286. The molecule has 0 N–H and O–H groups in total. The molecular formula is C21H23BrN2. The molecule has 0 atom stereocenters. The number of allylic oxidation sites excluding steroid dienone is 1. The second-order valence-electron chi connectivity index (χ2n) is 6.74. The van der Waals surface area contributed by atoms with Crippen LogP contribution in [-0.4, -0.2) is 18.3 Å². The molecule has 1 aliphatic heterocycles. The van der Waals surface area contributed by atoms with Crippen LogP contribution in [0.15, 0.2) is 58.0 Å². The average Bonchev–Trinajstić information content (AvgIpc) is 2.53. The summed E-state index contributed by atoms with van der Waals surface area (Å²) < 4.78 is 1.04. The predicted octanol–water partition coefficient (Wildman–Crippen LogP) is 6.22. The van der Waals surface area contributed by atoms with Crippen LogP contribution in [0.3, 0.4) is 0 Å². The van der Waals surface area contributed by atoms with Gasteiger partial charge in [-0.05, 0) is 69.2 Å². The lowest BCUT2D eigenvalue weighted by atomic mass is 9.88. The molecule has 0 spiro atoms. The second-order valence-corrected chi connectivity index (χ2v) is 7.66. The first-order valence-electron chi connectivity index (χ1n) is 8.32. The standard InChI is InChI=1S/C21H23BrN2/c1-5-24-20-10-9-16(11-19(20)15(2)13-21(24,3)4)14-23-18-8-6-7-17(22)12-18/h6-14H,5H2,1-4H3. The number of benzene rings is 2. The van der Waals surface area contributed by atoms with E-state index in [0.717, 1.165) is 22.3 Å². The van der Waals surface area contributed by atoms with Crippen LogP contribution in [-0.2, 0) is 0 Å². The van der Waals surface area contributed by atoms with Gasteiger partial charge in [-0.1, -0.05) is 34.1 Å². The normalized spacial score (nSPS) is 16.2. The Morgan fingerprint density at radius 1 is 1.17 bits per heavy atom. The lowest BCUT2D eigenvalue weighted by Crippen LogP contribution is -2.44. The summed E-state index contributed by atoms with van der Waals surface area (Å²) in [7, 11) is 0. The Kier molecular flexibility index (Phi) is 4.64. The van der Waals surface area contributed by atoms with Gasteiger partial charge in [0, 0.05) is 28.5 Å². The predicted molar refractivity (Wildman–Crippen MR) is 109 cm³/mol. The van der Waals surface area contributed by atoms with Crippen LogP contribution in [0.1, 0.15) is 38.8 Å². The molecule has 0 aliphatic carbocycles. The SMILES string of the molecule is CCN1c2ccc(C=Nc3cccc(Br)c3)cc2C(C)=CC1(C)C. The maximum absolute atomic E-state index is 4.59. The van der Waals surface area contributed by atoms with E-state index in [-0.39, 0.29) is 5.54 Å². The van der Waals surface area contributed by atoms with Gasteiger partial charge >= 0.3 is 0 Å². The molecule has 1 heterocycles. The fourth-order valence-electron chi connectivity index (χ4n) is 3.46. The third-order valence-electron chi connectivity index (χ3n) is 4.49. The Hall–Kier alpha value is -1.87. The molecule has 0 saturated heterocycles. The van der Waals surface area contributed by atoms with Crippen LogP contribution in [0.5, 0.6) is 0 Å². The van der Waals surface area contributed by atoms with Gasteiger partial charge in [0.1, 0.15) is 0 Å². The first-order chi connectivity index (χ1) is 11.4. The van der Waals surface area contributed by atoms with Crippen molar-refractivity contribution in [3.8, 4) is 0 Å². The molecule has 0 fully saturated rings. The van der Waals surface area contributed by atoms with Crippen molar-refractivity contribution in [2.45, 2.75) is 33.2 Å². The van der Waals surface area contributed by atoms with E-state index >= 15 is 0 Å². The number of halogens is 1. The Balaban J connectivity index is 1.96. The molecule has 3 rings (SSSR count). The Labute approximate surface area is 153 Å². The third-order valence-corrected chi connectivity index (χ3v) is 4.98. The van der Waals surface area contributed by atoms with Crippen molar-refractivity contribution in [2.24, 2.45) is 4.99 Å². The molecule has 3 heteroatoms. The van der Waals surface area contributed by atoms with Crippen LogP contribution < -0.4 is 4.90 Å². The molecule has 0 amide bonds. The first kappa shape index (κ1) is 17.0.